The highest BCUT2D eigenvalue weighted by atomic mass is 35.5. The maximum absolute atomic E-state index is 6.87. The van der Waals surface area contributed by atoms with Gasteiger partial charge in [-0.1, -0.05) is 123 Å². The molecule has 0 radical (unpaired) electrons. The summed E-state index contributed by atoms with van der Waals surface area (Å²) in [5.41, 5.74) is 6.54. The van der Waals surface area contributed by atoms with E-state index in [2.05, 4.69) is 83.2 Å². The summed E-state index contributed by atoms with van der Waals surface area (Å²) in [4.78, 5) is 0. The third-order valence-corrected chi connectivity index (χ3v) is 6.41. The van der Waals surface area contributed by atoms with Crippen molar-refractivity contribution in [2.75, 3.05) is 0 Å². The number of hydrogen-bond donors (Lipinski definition) is 0. The monoisotopic (exact) mass is 470 g/mol. The van der Waals surface area contributed by atoms with Gasteiger partial charge in [-0.3, -0.25) is 0 Å². The van der Waals surface area contributed by atoms with Crippen LogP contribution in [-0.2, 0) is 5.41 Å². The molecule has 0 fully saturated rings. The van der Waals surface area contributed by atoms with Crippen molar-refractivity contribution < 1.29 is 0 Å². The summed E-state index contributed by atoms with van der Waals surface area (Å²) >= 11 is 6.87. The van der Waals surface area contributed by atoms with Crippen molar-refractivity contribution in [1.29, 1.82) is 0 Å². The number of halogens is 1. The SMILES string of the molecule is C#C/C=C(\C=C/C)C(CC(=C)CCC(=C)CC(C)(C)C)(c1ccc(C)cc1)c1ccccc1Cl. The Bertz CT molecular complexity index is 1100. The molecule has 2 aromatic rings. The lowest BCUT2D eigenvalue weighted by Gasteiger charge is -2.38. The maximum atomic E-state index is 6.87. The molecule has 0 heterocycles. The number of benzene rings is 2. The molecule has 34 heavy (non-hydrogen) atoms. The van der Waals surface area contributed by atoms with E-state index in [4.69, 9.17) is 18.0 Å². The van der Waals surface area contributed by atoms with Crippen molar-refractivity contribution >= 4 is 11.6 Å². The van der Waals surface area contributed by atoms with Crippen LogP contribution in [0.25, 0.3) is 0 Å². The predicted molar refractivity (Wildman–Crippen MR) is 151 cm³/mol. The van der Waals surface area contributed by atoms with E-state index >= 15 is 0 Å². The topological polar surface area (TPSA) is 0 Å². The Labute approximate surface area is 213 Å². The quantitative estimate of drug-likeness (QED) is 0.184. The van der Waals surface area contributed by atoms with Crippen LogP contribution in [0.5, 0.6) is 0 Å². The fraction of sp³-hybridized carbons (Fsp3) is 0.333. The molecule has 1 unspecified atom stereocenters. The number of hydrogen-bond acceptors (Lipinski definition) is 0. The standard InChI is InChI=1S/C33H39Cl/c1-9-13-28(14-10-2)33(29-21-19-25(3)20-22-29,30-15-11-12-16-31(30)34)24-27(5)18-17-26(4)23-32(6,7)8/h1,10-16,19-22H,4-5,17-18,23-24H2,2-3,6-8H3/b14-10-,28-13+. The molecule has 0 N–H and O–H groups in total. The van der Waals surface area contributed by atoms with Gasteiger partial charge in [0.1, 0.15) is 0 Å². The van der Waals surface area contributed by atoms with Gasteiger partial charge in [-0.05, 0) is 73.8 Å². The highest BCUT2D eigenvalue weighted by Crippen LogP contribution is 2.48. The summed E-state index contributed by atoms with van der Waals surface area (Å²) in [5.74, 6) is 2.78. The van der Waals surface area contributed by atoms with E-state index in [1.165, 1.54) is 11.1 Å². The molecule has 0 nitrogen and oxygen atoms in total. The third-order valence-electron chi connectivity index (χ3n) is 6.08. The van der Waals surface area contributed by atoms with Gasteiger partial charge in [-0.15, -0.1) is 6.42 Å². The molecule has 0 saturated heterocycles. The van der Waals surface area contributed by atoms with Crippen molar-refractivity contribution in [3.05, 3.63) is 118 Å². The average molecular weight is 471 g/mol. The van der Waals surface area contributed by atoms with Crippen molar-refractivity contribution in [2.24, 2.45) is 5.41 Å². The molecule has 2 aromatic carbocycles. The van der Waals surface area contributed by atoms with Crippen molar-refractivity contribution in [1.82, 2.24) is 0 Å². The molecule has 0 bridgehead atoms. The zero-order valence-electron chi connectivity index (χ0n) is 21.5. The minimum absolute atomic E-state index is 0.232. The van der Waals surface area contributed by atoms with Crippen LogP contribution in [0.15, 0.2) is 96.6 Å². The van der Waals surface area contributed by atoms with Gasteiger partial charge in [0.2, 0.25) is 0 Å². The Kier molecular flexibility index (Phi) is 9.78. The first-order chi connectivity index (χ1) is 16.0. The largest absolute Gasteiger partial charge is 0.115 e. The number of rotatable bonds is 10. The zero-order chi connectivity index (χ0) is 25.4. The first-order valence-corrected chi connectivity index (χ1v) is 12.4. The van der Waals surface area contributed by atoms with Crippen LogP contribution in [0, 0.1) is 24.7 Å². The van der Waals surface area contributed by atoms with Gasteiger partial charge in [0, 0.05) is 5.02 Å². The number of allylic oxidation sites excluding steroid dienone is 6. The van der Waals surface area contributed by atoms with E-state index in [9.17, 15) is 0 Å². The highest BCUT2D eigenvalue weighted by Gasteiger charge is 2.39. The zero-order valence-corrected chi connectivity index (χ0v) is 22.3. The van der Waals surface area contributed by atoms with Gasteiger partial charge in [0.05, 0.1) is 5.41 Å². The van der Waals surface area contributed by atoms with Crippen molar-refractivity contribution in [3.8, 4) is 12.3 Å². The Morgan fingerprint density at radius 1 is 0.971 bits per heavy atom. The van der Waals surface area contributed by atoms with Gasteiger partial charge < -0.3 is 0 Å². The molecule has 0 aliphatic rings. The smallest absolute Gasteiger partial charge is 0.0509 e. The average Bonchev–Trinajstić information content (AvgIpc) is 2.76. The summed E-state index contributed by atoms with van der Waals surface area (Å²) in [6, 6.07) is 16.8. The maximum Gasteiger partial charge on any atom is 0.0509 e. The van der Waals surface area contributed by atoms with Crippen LogP contribution >= 0.6 is 11.6 Å². The van der Waals surface area contributed by atoms with E-state index in [1.54, 1.807) is 0 Å². The summed E-state index contributed by atoms with van der Waals surface area (Å²) in [5, 5.41) is 0.723. The van der Waals surface area contributed by atoms with Crippen LogP contribution in [0.2, 0.25) is 5.02 Å². The van der Waals surface area contributed by atoms with Crippen LogP contribution in [-0.4, -0.2) is 0 Å². The lowest BCUT2D eigenvalue weighted by atomic mass is 9.64. The first-order valence-electron chi connectivity index (χ1n) is 12.0. The number of terminal acetylenes is 1. The summed E-state index contributed by atoms with van der Waals surface area (Å²) in [6.07, 6.45) is 15.4. The highest BCUT2D eigenvalue weighted by molar-refractivity contribution is 6.31. The molecule has 0 aliphatic carbocycles. The molecule has 0 spiro atoms. The second kappa shape index (κ2) is 12.1. The Morgan fingerprint density at radius 2 is 1.56 bits per heavy atom. The van der Waals surface area contributed by atoms with Crippen LogP contribution < -0.4 is 0 Å². The Morgan fingerprint density at radius 3 is 2.09 bits per heavy atom. The second-order valence-corrected chi connectivity index (χ2v) is 10.8. The lowest BCUT2D eigenvalue weighted by Crippen LogP contribution is -2.31. The van der Waals surface area contributed by atoms with Gasteiger partial charge in [-0.25, -0.2) is 0 Å². The minimum Gasteiger partial charge on any atom is -0.115 e. The van der Waals surface area contributed by atoms with E-state index in [0.29, 0.717) is 6.42 Å². The summed E-state index contributed by atoms with van der Waals surface area (Å²) in [6.45, 7) is 19.7. The Balaban J connectivity index is 2.64. The Hall–Kier alpha value is -2.75. The fourth-order valence-corrected chi connectivity index (χ4v) is 4.96. The molecule has 178 valence electrons. The fourth-order valence-electron chi connectivity index (χ4n) is 4.66. The first kappa shape index (κ1) is 27.5. The van der Waals surface area contributed by atoms with Gasteiger partial charge >= 0.3 is 0 Å². The molecule has 0 aromatic heterocycles. The van der Waals surface area contributed by atoms with E-state index in [-0.39, 0.29) is 5.41 Å². The van der Waals surface area contributed by atoms with E-state index in [0.717, 1.165) is 46.6 Å². The number of aryl methyl sites for hydroxylation is 1. The molecule has 1 atom stereocenters. The summed E-state index contributed by atoms with van der Waals surface area (Å²) < 4.78 is 0. The van der Waals surface area contributed by atoms with Crippen LogP contribution in [0.4, 0.5) is 0 Å². The van der Waals surface area contributed by atoms with Crippen molar-refractivity contribution in [2.45, 2.75) is 65.7 Å². The van der Waals surface area contributed by atoms with Gasteiger partial charge in [-0.2, -0.15) is 0 Å². The molecular formula is C33H39Cl. The van der Waals surface area contributed by atoms with Gasteiger partial charge in [0.25, 0.3) is 0 Å². The molecule has 0 amide bonds. The van der Waals surface area contributed by atoms with Crippen LogP contribution in [0.1, 0.15) is 70.1 Å². The minimum atomic E-state index is -0.548. The van der Waals surface area contributed by atoms with E-state index in [1.807, 2.05) is 37.3 Å². The molecular weight excluding hydrogens is 432 g/mol. The van der Waals surface area contributed by atoms with Gasteiger partial charge in [0.15, 0.2) is 0 Å². The van der Waals surface area contributed by atoms with Crippen LogP contribution in [0.3, 0.4) is 0 Å². The van der Waals surface area contributed by atoms with Crippen molar-refractivity contribution in [3.63, 3.8) is 0 Å². The third kappa shape index (κ3) is 7.12. The second-order valence-electron chi connectivity index (χ2n) is 10.4. The predicted octanol–water partition coefficient (Wildman–Crippen LogP) is 9.79. The normalized spacial score (nSPS) is 14.0. The summed E-state index contributed by atoms with van der Waals surface area (Å²) in [7, 11) is 0. The lowest BCUT2D eigenvalue weighted by molar-refractivity contribution is 0.404. The molecule has 1 heteroatoms. The molecule has 0 aliphatic heterocycles. The van der Waals surface area contributed by atoms with E-state index < -0.39 is 5.41 Å². The molecule has 0 saturated carbocycles. The molecule has 2 rings (SSSR count).